The van der Waals surface area contributed by atoms with Crippen molar-refractivity contribution in [2.24, 2.45) is 5.41 Å². The van der Waals surface area contributed by atoms with Crippen LogP contribution in [0.2, 0.25) is 0 Å². The molecule has 0 amide bonds. The van der Waals surface area contributed by atoms with Gasteiger partial charge in [-0.25, -0.2) is 4.39 Å². The van der Waals surface area contributed by atoms with Crippen LogP contribution in [0.1, 0.15) is 41.5 Å². The number of para-hydroxylation sites is 1. The molecule has 0 aliphatic rings. The van der Waals surface area contributed by atoms with Crippen molar-refractivity contribution >= 4 is 21.9 Å². The number of hydrogen-bond donors (Lipinski definition) is 0. The molecule has 5 aromatic carbocycles. The van der Waals surface area contributed by atoms with Gasteiger partial charge in [-0.05, 0) is 63.9 Å². The molecule has 0 aliphatic heterocycles. The second-order valence-corrected chi connectivity index (χ2v) is 12.8. The third kappa shape index (κ3) is 8.07. The monoisotopic (exact) mass is 852 g/mol. The van der Waals surface area contributed by atoms with Gasteiger partial charge in [0.05, 0.1) is 14.5 Å². The molecule has 0 atom stereocenters. The summed E-state index contributed by atoms with van der Waals surface area (Å²) in [5.74, 6) is -0.320. The van der Waals surface area contributed by atoms with E-state index in [1.54, 1.807) is 45.0 Å². The molecule has 3 nitrogen and oxygen atoms in total. The molecule has 0 unspecified atom stereocenters. The zero-order valence-corrected chi connectivity index (χ0v) is 30.5. The number of fused-ring (bicyclic) bond motifs is 3. The van der Waals surface area contributed by atoms with Crippen LogP contribution in [0.25, 0.3) is 66.7 Å². The van der Waals surface area contributed by atoms with E-state index in [4.69, 9.17) is 14.0 Å². The van der Waals surface area contributed by atoms with Crippen LogP contribution >= 0.6 is 0 Å². The van der Waals surface area contributed by atoms with E-state index in [2.05, 4.69) is 22.1 Å². The van der Waals surface area contributed by atoms with Gasteiger partial charge < -0.3 is 14.4 Å². The molecule has 0 bridgehead atoms. The van der Waals surface area contributed by atoms with Crippen molar-refractivity contribution in [3.8, 4) is 44.8 Å². The minimum atomic E-state index is -2.57. The Hall–Kier alpha value is -5.22. The largest absolute Gasteiger partial charge is 0.500 e. The Kier molecular flexibility index (Phi) is 8.27. The SMILES string of the molecule is Fc1ccc(-c2[c-]cccc2)nc1.[2H]c1cc(C([2H])([2H])C(C)(C)C)cc([2H])c1-c1cc(-c2[c-]ccc3c2oc2c(-c4ccccc4)cccc23)ncc1C([2H])([2H])[2H].[Ir]. The van der Waals surface area contributed by atoms with Crippen LogP contribution < -0.4 is 0 Å². The van der Waals surface area contributed by atoms with E-state index in [9.17, 15) is 4.39 Å². The number of halogens is 1. The normalized spacial score (nSPS) is 13.7. The summed E-state index contributed by atoms with van der Waals surface area (Å²) in [6.07, 6.45) is 0.650. The van der Waals surface area contributed by atoms with Crippen molar-refractivity contribution in [2.45, 2.75) is 34.0 Å². The number of hydrogen-bond acceptors (Lipinski definition) is 3. The molecule has 3 heterocycles. The van der Waals surface area contributed by atoms with E-state index in [0.717, 1.165) is 33.2 Å². The first-order valence-corrected chi connectivity index (χ1v) is 16.2. The van der Waals surface area contributed by atoms with E-state index in [1.807, 2.05) is 72.8 Å². The molecule has 0 saturated carbocycles. The molecule has 0 fully saturated rings. The van der Waals surface area contributed by atoms with E-state index in [1.165, 1.54) is 30.6 Å². The molecule has 0 aliphatic carbocycles. The number of aromatic nitrogens is 2. The van der Waals surface area contributed by atoms with Crippen LogP contribution in [0.3, 0.4) is 0 Å². The van der Waals surface area contributed by atoms with Gasteiger partial charge in [0.15, 0.2) is 0 Å². The summed E-state index contributed by atoms with van der Waals surface area (Å²) in [5, 5.41) is 1.77. The molecule has 0 spiro atoms. The van der Waals surface area contributed by atoms with Gasteiger partial charge in [0.1, 0.15) is 11.4 Å². The summed E-state index contributed by atoms with van der Waals surface area (Å²) >= 11 is 0. The van der Waals surface area contributed by atoms with E-state index in [-0.39, 0.29) is 60.3 Å². The van der Waals surface area contributed by atoms with Gasteiger partial charge in [0.25, 0.3) is 0 Å². The minimum Gasteiger partial charge on any atom is -0.500 e. The van der Waals surface area contributed by atoms with E-state index in [0.29, 0.717) is 22.4 Å². The van der Waals surface area contributed by atoms with Crippen molar-refractivity contribution in [3.05, 3.63) is 169 Å². The smallest absolute Gasteiger partial charge is 0.139 e. The Morgan fingerprint density at radius 3 is 2.22 bits per heavy atom. The molecule has 51 heavy (non-hydrogen) atoms. The fourth-order valence-electron chi connectivity index (χ4n) is 5.73. The fraction of sp³-hybridized carbons (Fsp3) is 0.130. The maximum atomic E-state index is 12.5. The van der Waals surface area contributed by atoms with Gasteiger partial charge in [-0.15, -0.1) is 54.1 Å². The summed E-state index contributed by atoms with van der Waals surface area (Å²) in [5.41, 5.74) is 5.28. The Morgan fingerprint density at radius 1 is 0.745 bits per heavy atom. The van der Waals surface area contributed by atoms with Crippen molar-refractivity contribution in [3.63, 3.8) is 0 Å². The van der Waals surface area contributed by atoms with Crippen molar-refractivity contribution in [1.82, 2.24) is 9.97 Å². The number of nitrogens with zero attached hydrogens (tertiary/aromatic N) is 2. The standard InChI is InChI=1S/C35H30NO.C11H7FN.Ir/c1-23-22-36-32(20-31(23)26-18-16-24(17-19-26)21-35(2,3)4)30-15-9-14-29-28-13-8-12-27(33(28)37-34(29)30)25-10-6-5-7-11-25;12-10-6-7-11(13-8-10)9-4-2-1-3-5-9;/h5-14,16-20,22H,21H2,1-4H3;1-4,6-8H;/q2*-1;/i1D3,18D,19D,21D2;;. The van der Waals surface area contributed by atoms with Gasteiger partial charge >= 0.3 is 0 Å². The first-order chi connectivity index (χ1) is 27.0. The van der Waals surface area contributed by atoms with Crippen LogP contribution in [-0.4, -0.2) is 9.97 Å². The quantitative estimate of drug-likeness (QED) is 0.162. The summed E-state index contributed by atoms with van der Waals surface area (Å²) < 4.78 is 78.6. The van der Waals surface area contributed by atoms with Gasteiger partial charge in [-0.3, -0.25) is 0 Å². The first-order valence-electron chi connectivity index (χ1n) is 19.7. The van der Waals surface area contributed by atoms with Crippen molar-refractivity contribution in [1.29, 1.82) is 0 Å². The minimum absolute atomic E-state index is 0. The summed E-state index contributed by atoms with van der Waals surface area (Å²) in [6.45, 7) is 2.70. The zero-order chi connectivity index (χ0) is 40.7. The number of aryl methyl sites for hydroxylation is 1. The number of pyridine rings is 2. The Morgan fingerprint density at radius 2 is 1.51 bits per heavy atom. The summed E-state index contributed by atoms with van der Waals surface area (Å²) in [7, 11) is 0. The second-order valence-electron chi connectivity index (χ2n) is 12.8. The first kappa shape index (κ1) is 27.5. The molecule has 1 radical (unpaired) electrons. The molecule has 255 valence electrons. The molecule has 3 aromatic heterocycles. The molecule has 8 rings (SSSR count). The third-order valence-electron chi connectivity index (χ3n) is 7.95. The number of rotatable bonds is 5. The van der Waals surface area contributed by atoms with E-state index < -0.39 is 18.6 Å². The summed E-state index contributed by atoms with van der Waals surface area (Å²) in [4.78, 5) is 8.46. The zero-order valence-electron chi connectivity index (χ0n) is 35.1. The number of furan rings is 1. The van der Waals surface area contributed by atoms with Crippen molar-refractivity contribution in [2.75, 3.05) is 0 Å². The maximum Gasteiger partial charge on any atom is 0.139 e. The van der Waals surface area contributed by atoms with Gasteiger partial charge in [-0.2, -0.15) is 0 Å². The molecule has 8 aromatic rings. The molecule has 5 heteroatoms. The predicted octanol–water partition coefficient (Wildman–Crippen LogP) is 12.4. The predicted molar refractivity (Wildman–Crippen MR) is 203 cm³/mol. The van der Waals surface area contributed by atoms with Gasteiger partial charge in [-0.1, -0.05) is 117 Å². The van der Waals surface area contributed by atoms with Gasteiger partial charge in [0.2, 0.25) is 0 Å². The molecular formula is C46H37FIrN2O-2. The van der Waals surface area contributed by atoms with Crippen LogP contribution in [0.15, 0.2) is 144 Å². The molecule has 0 N–H and O–H groups in total. The topological polar surface area (TPSA) is 38.9 Å². The number of benzene rings is 5. The Bertz CT molecular complexity index is 2690. The molecule has 0 saturated heterocycles. The van der Waals surface area contributed by atoms with Crippen LogP contribution in [-0.2, 0) is 26.5 Å². The average molecular weight is 852 g/mol. The third-order valence-corrected chi connectivity index (χ3v) is 7.95. The van der Waals surface area contributed by atoms with Crippen LogP contribution in [0.5, 0.6) is 0 Å². The van der Waals surface area contributed by atoms with Crippen LogP contribution in [0, 0.1) is 30.2 Å². The Labute approximate surface area is 322 Å². The van der Waals surface area contributed by atoms with Crippen molar-refractivity contribution < 1.29 is 38.5 Å². The van der Waals surface area contributed by atoms with E-state index >= 15 is 0 Å². The van der Waals surface area contributed by atoms with Gasteiger partial charge in [0, 0.05) is 44.1 Å². The second kappa shape index (κ2) is 15.3. The fourth-order valence-corrected chi connectivity index (χ4v) is 5.73. The van der Waals surface area contributed by atoms with Crippen LogP contribution in [0.4, 0.5) is 4.39 Å². The maximum absolute atomic E-state index is 12.5. The average Bonchev–Trinajstić information content (AvgIpc) is 3.57. The Balaban J connectivity index is 0.000000343. The summed E-state index contributed by atoms with van der Waals surface area (Å²) in [6, 6.07) is 40.4. The molecular weight excluding hydrogens is 808 g/mol.